The van der Waals surface area contributed by atoms with Gasteiger partial charge in [-0.3, -0.25) is 4.79 Å². The third-order valence-electron chi connectivity index (χ3n) is 3.63. The molecule has 128 valence electrons. The third-order valence-corrected chi connectivity index (χ3v) is 3.87. The van der Waals surface area contributed by atoms with Crippen molar-refractivity contribution in [2.75, 3.05) is 28.4 Å². The van der Waals surface area contributed by atoms with Gasteiger partial charge in [0.15, 0.2) is 11.5 Å². The maximum Gasteiger partial charge on any atom is 0.257 e. The molecule has 2 aromatic rings. The summed E-state index contributed by atoms with van der Waals surface area (Å²) >= 11 is 6.01. The molecule has 24 heavy (non-hydrogen) atoms. The lowest BCUT2D eigenvalue weighted by Crippen LogP contribution is -2.27. The minimum Gasteiger partial charge on any atom is -0.496 e. The first kappa shape index (κ1) is 17.9. The Balaban J connectivity index is 2.29. The van der Waals surface area contributed by atoms with Crippen LogP contribution in [0, 0.1) is 0 Å². The maximum atomic E-state index is 12.8. The number of hydrogen-bond acceptors (Lipinski definition) is 4. The number of ether oxygens (including phenoxy) is 3. The number of halogens is 1. The predicted molar refractivity (Wildman–Crippen MR) is 93.3 cm³/mol. The van der Waals surface area contributed by atoms with Crippen molar-refractivity contribution in [1.29, 1.82) is 0 Å². The van der Waals surface area contributed by atoms with Crippen LogP contribution in [0.3, 0.4) is 0 Å². The molecule has 0 N–H and O–H groups in total. The van der Waals surface area contributed by atoms with Crippen LogP contribution in [0.25, 0.3) is 0 Å². The Bertz CT molecular complexity index is 733. The monoisotopic (exact) mass is 349 g/mol. The summed E-state index contributed by atoms with van der Waals surface area (Å²) in [4.78, 5) is 14.3. The molecular formula is C18H20ClNO4. The Kier molecular flexibility index (Phi) is 5.93. The van der Waals surface area contributed by atoms with Crippen LogP contribution >= 0.6 is 11.6 Å². The third kappa shape index (κ3) is 3.74. The lowest BCUT2D eigenvalue weighted by atomic mass is 10.1. The fourth-order valence-electron chi connectivity index (χ4n) is 2.46. The van der Waals surface area contributed by atoms with Crippen LogP contribution in [0.1, 0.15) is 15.9 Å². The first-order valence-corrected chi connectivity index (χ1v) is 7.68. The Morgan fingerprint density at radius 3 is 2.38 bits per heavy atom. The van der Waals surface area contributed by atoms with Gasteiger partial charge in [-0.1, -0.05) is 23.7 Å². The second-order valence-corrected chi connectivity index (χ2v) is 5.59. The van der Waals surface area contributed by atoms with Crippen LogP contribution in [0.15, 0.2) is 36.4 Å². The average Bonchev–Trinajstić information content (AvgIpc) is 2.60. The van der Waals surface area contributed by atoms with Crippen LogP contribution in [0.4, 0.5) is 0 Å². The Morgan fingerprint density at radius 1 is 1.04 bits per heavy atom. The van der Waals surface area contributed by atoms with E-state index in [1.54, 1.807) is 44.4 Å². The molecule has 0 radical (unpaired) electrons. The fraction of sp³-hybridized carbons (Fsp3) is 0.278. The molecule has 0 bridgehead atoms. The SMILES string of the molecule is COc1ccc(Cl)cc1C(=O)N(C)Cc1cccc(OC)c1OC. The minimum absolute atomic E-state index is 0.195. The Hall–Kier alpha value is -2.40. The average molecular weight is 350 g/mol. The lowest BCUT2D eigenvalue weighted by Gasteiger charge is -2.21. The Morgan fingerprint density at radius 2 is 1.75 bits per heavy atom. The van der Waals surface area contributed by atoms with Gasteiger partial charge in [0, 0.05) is 24.2 Å². The Labute approximate surface area is 146 Å². The number of nitrogens with zero attached hydrogens (tertiary/aromatic N) is 1. The summed E-state index contributed by atoms with van der Waals surface area (Å²) in [5.74, 6) is 1.52. The molecule has 0 aliphatic carbocycles. The molecule has 2 rings (SSSR count). The number of carbonyl (C=O) groups excluding carboxylic acids is 1. The summed E-state index contributed by atoms with van der Waals surface area (Å²) in [5.41, 5.74) is 1.25. The molecule has 0 aliphatic rings. The number of para-hydroxylation sites is 1. The fourth-order valence-corrected chi connectivity index (χ4v) is 2.63. The molecule has 0 aromatic heterocycles. The van der Waals surface area contributed by atoms with Gasteiger partial charge in [-0.2, -0.15) is 0 Å². The van der Waals surface area contributed by atoms with Gasteiger partial charge in [-0.25, -0.2) is 0 Å². The van der Waals surface area contributed by atoms with E-state index in [-0.39, 0.29) is 5.91 Å². The van der Waals surface area contributed by atoms with Gasteiger partial charge < -0.3 is 19.1 Å². The molecule has 2 aromatic carbocycles. The summed E-state index contributed by atoms with van der Waals surface area (Å²) < 4.78 is 16.0. The van der Waals surface area contributed by atoms with Crippen molar-refractivity contribution in [2.45, 2.75) is 6.54 Å². The molecule has 0 spiro atoms. The largest absolute Gasteiger partial charge is 0.496 e. The van der Waals surface area contributed by atoms with Gasteiger partial charge in [-0.15, -0.1) is 0 Å². The molecule has 0 atom stereocenters. The zero-order valence-corrected chi connectivity index (χ0v) is 14.9. The highest BCUT2D eigenvalue weighted by molar-refractivity contribution is 6.31. The molecule has 0 saturated heterocycles. The first-order valence-electron chi connectivity index (χ1n) is 7.30. The lowest BCUT2D eigenvalue weighted by molar-refractivity contribution is 0.0780. The smallest absolute Gasteiger partial charge is 0.257 e. The molecule has 1 amide bonds. The molecule has 0 unspecified atom stereocenters. The minimum atomic E-state index is -0.195. The van der Waals surface area contributed by atoms with Gasteiger partial charge in [-0.05, 0) is 24.3 Å². The van der Waals surface area contributed by atoms with E-state index in [4.69, 9.17) is 25.8 Å². The van der Waals surface area contributed by atoms with Crippen molar-refractivity contribution < 1.29 is 19.0 Å². The predicted octanol–water partition coefficient (Wildman–Crippen LogP) is 3.64. The van der Waals surface area contributed by atoms with Crippen molar-refractivity contribution in [2.24, 2.45) is 0 Å². The van der Waals surface area contributed by atoms with Crippen molar-refractivity contribution in [3.63, 3.8) is 0 Å². The van der Waals surface area contributed by atoms with E-state index in [0.717, 1.165) is 5.56 Å². The molecule has 0 heterocycles. The normalized spacial score (nSPS) is 10.2. The van der Waals surface area contributed by atoms with E-state index in [9.17, 15) is 4.79 Å². The van der Waals surface area contributed by atoms with E-state index in [1.165, 1.54) is 7.11 Å². The van der Waals surface area contributed by atoms with Crippen molar-refractivity contribution in [3.05, 3.63) is 52.5 Å². The highest BCUT2D eigenvalue weighted by Crippen LogP contribution is 2.32. The van der Waals surface area contributed by atoms with Gasteiger partial charge in [0.05, 0.1) is 26.9 Å². The van der Waals surface area contributed by atoms with Gasteiger partial charge in [0.1, 0.15) is 5.75 Å². The van der Waals surface area contributed by atoms with Crippen LogP contribution in [-0.2, 0) is 6.54 Å². The quantitative estimate of drug-likeness (QED) is 0.799. The zero-order chi connectivity index (χ0) is 17.7. The summed E-state index contributed by atoms with van der Waals surface area (Å²) in [6.07, 6.45) is 0. The summed E-state index contributed by atoms with van der Waals surface area (Å²) in [5, 5.41) is 0.478. The van der Waals surface area contributed by atoms with E-state index in [2.05, 4.69) is 0 Å². The van der Waals surface area contributed by atoms with Crippen molar-refractivity contribution >= 4 is 17.5 Å². The molecule has 0 aliphatic heterocycles. The van der Waals surface area contributed by atoms with Crippen LogP contribution in [-0.4, -0.2) is 39.2 Å². The number of hydrogen-bond donors (Lipinski definition) is 0. The van der Waals surface area contributed by atoms with Gasteiger partial charge in [0.2, 0.25) is 0 Å². The molecule has 6 heteroatoms. The highest BCUT2D eigenvalue weighted by atomic mass is 35.5. The number of carbonyl (C=O) groups is 1. The van der Waals surface area contributed by atoms with E-state index < -0.39 is 0 Å². The summed E-state index contributed by atoms with van der Waals surface area (Å²) in [6, 6.07) is 10.5. The number of rotatable bonds is 6. The molecule has 5 nitrogen and oxygen atoms in total. The topological polar surface area (TPSA) is 48.0 Å². The van der Waals surface area contributed by atoms with E-state index in [1.807, 2.05) is 18.2 Å². The molecule has 0 fully saturated rings. The number of amides is 1. The summed E-state index contributed by atoms with van der Waals surface area (Å²) in [6.45, 7) is 0.356. The second kappa shape index (κ2) is 7.93. The number of benzene rings is 2. The summed E-state index contributed by atoms with van der Waals surface area (Å²) in [7, 11) is 6.38. The van der Waals surface area contributed by atoms with Gasteiger partial charge in [0.25, 0.3) is 5.91 Å². The van der Waals surface area contributed by atoms with Crippen LogP contribution in [0.5, 0.6) is 17.2 Å². The zero-order valence-electron chi connectivity index (χ0n) is 14.1. The standard InChI is InChI=1S/C18H20ClNO4/c1-20(11-12-6-5-7-16(23-3)17(12)24-4)18(21)14-10-13(19)8-9-15(14)22-2/h5-10H,11H2,1-4H3. The molecular weight excluding hydrogens is 330 g/mol. The number of methoxy groups -OCH3 is 3. The maximum absolute atomic E-state index is 12.8. The second-order valence-electron chi connectivity index (χ2n) is 5.16. The van der Waals surface area contributed by atoms with E-state index >= 15 is 0 Å². The van der Waals surface area contributed by atoms with Crippen molar-refractivity contribution in [1.82, 2.24) is 4.90 Å². The van der Waals surface area contributed by atoms with Crippen LogP contribution in [0.2, 0.25) is 5.02 Å². The molecule has 0 saturated carbocycles. The van der Waals surface area contributed by atoms with E-state index in [0.29, 0.717) is 34.4 Å². The van der Waals surface area contributed by atoms with Crippen LogP contribution < -0.4 is 14.2 Å². The van der Waals surface area contributed by atoms with Gasteiger partial charge >= 0.3 is 0 Å². The van der Waals surface area contributed by atoms with Crippen molar-refractivity contribution in [3.8, 4) is 17.2 Å². The first-order chi connectivity index (χ1) is 11.5. The highest BCUT2D eigenvalue weighted by Gasteiger charge is 2.19.